The van der Waals surface area contributed by atoms with Gasteiger partial charge in [-0.05, 0) is 39.4 Å². The van der Waals surface area contributed by atoms with Crippen LogP contribution in [0.4, 0.5) is 0 Å². The van der Waals surface area contributed by atoms with E-state index in [-0.39, 0.29) is 24.0 Å². The van der Waals surface area contributed by atoms with Gasteiger partial charge < -0.3 is 15.5 Å². The van der Waals surface area contributed by atoms with Crippen LogP contribution in [-0.2, 0) is 13.0 Å². The normalized spacial score (nSPS) is 11.3. The zero-order chi connectivity index (χ0) is 18.6. The lowest BCUT2D eigenvalue weighted by molar-refractivity contribution is 0.324. The third-order valence-corrected chi connectivity index (χ3v) is 4.88. The van der Waals surface area contributed by atoms with Crippen LogP contribution in [0.2, 0.25) is 0 Å². The van der Waals surface area contributed by atoms with Gasteiger partial charge in [0.25, 0.3) is 0 Å². The second kappa shape index (κ2) is 13.9. The van der Waals surface area contributed by atoms with E-state index in [9.17, 15) is 0 Å². The highest BCUT2D eigenvalue weighted by molar-refractivity contribution is 14.0. The van der Waals surface area contributed by atoms with Crippen molar-refractivity contribution in [2.24, 2.45) is 4.99 Å². The van der Waals surface area contributed by atoms with E-state index in [1.807, 2.05) is 6.20 Å². The molecule has 7 heteroatoms. The molecule has 0 atom stereocenters. The molecule has 2 N–H and O–H groups in total. The highest BCUT2D eigenvalue weighted by atomic mass is 127. The van der Waals surface area contributed by atoms with E-state index in [4.69, 9.17) is 0 Å². The van der Waals surface area contributed by atoms with Gasteiger partial charge in [-0.2, -0.15) is 0 Å². The lowest BCUT2D eigenvalue weighted by Gasteiger charge is -2.16. The molecule has 0 aliphatic heterocycles. The molecule has 1 heterocycles. The topological polar surface area (TPSA) is 52.6 Å². The maximum Gasteiger partial charge on any atom is 0.191 e. The molecule has 0 saturated carbocycles. The van der Waals surface area contributed by atoms with Crippen LogP contribution in [0.5, 0.6) is 0 Å². The summed E-state index contributed by atoms with van der Waals surface area (Å²) in [5, 5.41) is 7.88. The SMILES string of the molecule is CCNC(=NCCCN(C)Cc1ccccc1)NCCc1ncc(C)s1.I. The van der Waals surface area contributed by atoms with E-state index in [2.05, 4.69) is 76.7 Å². The second-order valence-electron chi connectivity index (χ2n) is 6.38. The fourth-order valence-electron chi connectivity index (χ4n) is 2.65. The van der Waals surface area contributed by atoms with Crippen molar-refractivity contribution in [1.82, 2.24) is 20.5 Å². The Bertz CT molecular complexity index is 659. The van der Waals surface area contributed by atoms with Gasteiger partial charge in [0.05, 0.1) is 5.01 Å². The molecule has 0 saturated heterocycles. The molecule has 150 valence electrons. The molecule has 0 spiro atoms. The summed E-state index contributed by atoms with van der Waals surface area (Å²) in [5.41, 5.74) is 1.35. The monoisotopic (exact) mass is 501 g/mol. The minimum Gasteiger partial charge on any atom is -0.357 e. The Hall–Kier alpha value is -1.19. The number of aryl methyl sites for hydroxylation is 1. The second-order valence-corrected chi connectivity index (χ2v) is 7.70. The van der Waals surface area contributed by atoms with Crippen LogP contribution < -0.4 is 10.6 Å². The van der Waals surface area contributed by atoms with Crippen LogP contribution in [0.3, 0.4) is 0 Å². The van der Waals surface area contributed by atoms with E-state index in [0.717, 1.165) is 51.5 Å². The van der Waals surface area contributed by atoms with Gasteiger partial charge in [-0.3, -0.25) is 4.99 Å². The average Bonchev–Trinajstić information content (AvgIpc) is 3.04. The molecule has 0 radical (unpaired) electrons. The van der Waals surface area contributed by atoms with Gasteiger partial charge in [-0.25, -0.2) is 4.98 Å². The summed E-state index contributed by atoms with van der Waals surface area (Å²) in [6.07, 6.45) is 3.92. The maximum atomic E-state index is 4.68. The van der Waals surface area contributed by atoms with Gasteiger partial charge in [0, 0.05) is 43.7 Å². The number of aliphatic imine (C=N–C) groups is 1. The zero-order valence-electron chi connectivity index (χ0n) is 16.6. The van der Waals surface area contributed by atoms with Crippen LogP contribution in [-0.4, -0.2) is 49.1 Å². The number of hydrogen-bond acceptors (Lipinski definition) is 4. The third-order valence-electron chi connectivity index (χ3n) is 3.91. The smallest absolute Gasteiger partial charge is 0.191 e. The Balaban J connectivity index is 0.00000364. The van der Waals surface area contributed by atoms with Crippen molar-refractivity contribution in [3.8, 4) is 0 Å². The Labute approximate surface area is 184 Å². The van der Waals surface area contributed by atoms with E-state index >= 15 is 0 Å². The lowest BCUT2D eigenvalue weighted by atomic mass is 10.2. The first-order valence-electron chi connectivity index (χ1n) is 9.33. The van der Waals surface area contributed by atoms with Gasteiger partial charge in [-0.1, -0.05) is 30.3 Å². The van der Waals surface area contributed by atoms with Crippen molar-refractivity contribution in [3.63, 3.8) is 0 Å². The first-order chi connectivity index (χ1) is 12.7. The van der Waals surface area contributed by atoms with Gasteiger partial charge in [0.15, 0.2) is 5.96 Å². The quantitative estimate of drug-likeness (QED) is 0.226. The molecule has 0 aliphatic rings. The molecule has 1 aromatic heterocycles. The number of guanidine groups is 1. The van der Waals surface area contributed by atoms with E-state index in [1.54, 1.807) is 11.3 Å². The molecule has 2 rings (SSSR count). The predicted molar refractivity (Wildman–Crippen MR) is 127 cm³/mol. The Morgan fingerprint density at radius 1 is 1.22 bits per heavy atom. The van der Waals surface area contributed by atoms with Crippen LogP contribution in [0, 0.1) is 6.92 Å². The summed E-state index contributed by atoms with van der Waals surface area (Å²) in [7, 11) is 2.16. The number of aromatic nitrogens is 1. The fraction of sp³-hybridized carbons (Fsp3) is 0.500. The Morgan fingerprint density at radius 3 is 2.67 bits per heavy atom. The average molecular weight is 501 g/mol. The number of thiazole rings is 1. The maximum absolute atomic E-state index is 4.68. The summed E-state index contributed by atoms with van der Waals surface area (Å²) in [5.74, 6) is 0.895. The van der Waals surface area contributed by atoms with Crippen molar-refractivity contribution < 1.29 is 0 Å². The first kappa shape index (κ1) is 23.8. The number of nitrogens with zero attached hydrogens (tertiary/aromatic N) is 3. The summed E-state index contributed by atoms with van der Waals surface area (Å²) >= 11 is 1.76. The largest absolute Gasteiger partial charge is 0.357 e. The summed E-state index contributed by atoms with van der Waals surface area (Å²) in [4.78, 5) is 12.7. The molecule has 1 aromatic carbocycles. The van der Waals surface area contributed by atoms with E-state index in [1.165, 1.54) is 15.4 Å². The van der Waals surface area contributed by atoms with Crippen molar-refractivity contribution in [3.05, 3.63) is 52.0 Å². The molecule has 0 aliphatic carbocycles. The van der Waals surface area contributed by atoms with Crippen LogP contribution in [0.1, 0.15) is 28.8 Å². The number of rotatable bonds is 10. The molecule has 0 bridgehead atoms. The van der Waals surface area contributed by atoms with Gasteiger partial charge in [-0.15, -0.1) is 35.3 Å². The van der Waals surface area contributed by atoms with Gasteiger partial charge in [0.1, 0.15) is 0 Å². The number of hydrogen-bond donors (Lipinski definition) is 2. The molecular weight excluding hydrogens is 469 g/mol. The molecule has 2 aromatic rings. The first-order valence-corrected chi connectivity index (χ1v) is 10.1. The predicted octanol–water partition coefficient (Wildman–Crippen LogP) is 3.69. The number of halogens is 1. The van der Waals surface area contributed by atoms with Crippen LogP contribution >= 0.6 is 35.3 Å². The minimum atomic E-state index is 0. The van der Waals surface area contributed by atoms with Crippen molar-refractivity contribution >= 4 is 41.3 Å². The Morgan fingerprint density at radius 2 is 2.00 bits per heavy atom. The lowest BCUT2D eigenvalue weighted by Crippen LogP contribution is -2.38. The summed E-state index contributed by atoms with van der Waals surface area (Å²) in [6.45, 7) is 8.75. The van der Waals surface area contributed by atoms with Gasteiger partial charge in [0.2, 0.25) is 0 Å². The highest BCUT2D eigenvalue weighted by Gasteiger charge is 2.02. The zero-order valence-corrected chi connectivity index (χ0v) is 19.7. The molecule has 0 amide bonds. The van der Waals surface area contributed by atoms with Crippen molar-refractivity contribution in [2.75, 3.05) is 33.2 Å². The molecule has 27 heavy (non-hydrogen) atoms. The number of nitrogens with one attached hydrogen (secondary N) is 2. The molecule has 0 unspecified atom stereocenters. The van der Waals surface area contributed by atoms with Crippen molar-refractivity contribution in [1.29, 1.82) is 0 Å². The molecular formula is C20H32IN5S. The number of benzene rings is 1. The van der Waals surface area contributed by atoms with E-state index in [0.29, 0.717) is 0 Å². The third kappa shape index (κ3) is 10.1. The van der Waals surface area contributed by atoms with Gasteiger partial charge >= 0.3 is 0 Å². The summed E-state index contributed by atoms with van der Waals surface area (Å²) in [6, 6.07) is 10.6. The Kier molecular flexibility index (Phi) is 12.3. The van der Waals surface area contributed by atoms with Crippen molar-refractivity contribution in [2.45, 2.75) is 33.2 Å². The molecule has 5 nitrogen and oxygen atoms in total. The summed E-state index contributed by atoms with van der Waals surface area (Å²) < 4.78 is 0. The van der Waals surface area contributed by atoms with E-state index < -0.39 is 0 Å². The highest BCUT2D eigenvalue weighted by Crippen LogP contribution is 2.10. The minimum absolute atomic E-state index is 0. The fourth-order valence-corrected chi connectivity index (χ4v) is 3.44. The van der Waals surface area contributed by atoms with Crippen LogP contribution in [0.15, 0.2) is 41.5 Å². The standard InChI is InChI=1S/C20H31N5S.HI/c1-4-21-20(23-13-11-19-24-15-17(2)26-19)22-12-8-14-25(3)16-18-9-6-5-7-10-18;/h5-7,9-10,15H,4,8,11-14,16H2,1-3H3,(H2,21,22,23);1H. The van der Waals surface area contributed by atoms with Crippen LogP contribution in [0.25, 0.3) is 0 Å². The molecule has 0 fully saturated rings.